The van der Waals surface area contributed by atoms with Gasteiger partial charge in [-0.25, -0.2) is 4.98 Å². The van der Waals surface area contributed by atoms with Gasteiger partial charge >= 0.3 is 0 Å². The van der Waals surface area contributed by atoms with E-state index in [1.54, 1.807) is 0 Å². The van der Waals surface area contributed by atoms with Gasteiger partial charge in [0.15, 0.2) is 0 Å². The number of para-hydroxylation sites is 1. The molecule has 0 radical (unpaired) electrons. The second-order valence-corrected chi connectivity index (χ2v) is 5.33. The largest absolute Gasteiger partial charge is 0.299 e. The third-order valence-corrected chi connectivity index (χ3v) is 3.67. The quantitative estimate of drug-likeness (QED) is 0.669. The molecule has 0 amide bonds. The van der Waals surface area contributed by atoms with Gasteiger partial charge in [-0.1, -0.05) is 61.9 Å². The Morgan fingerprint density at radius 2 is 1.67 bits per heavy atom. The molecule has 3 rings (SSSR count). The fourth-order valence-electron chi connectivity index (χ4n) is 2.61. The molecule has 0 atom stereocenters. The van der Waals surface area contributed by atoms with Crippen LogP contribution in [-0.4, -0.2) is 9.55 Å². The summed E-state index contributed by atoms with van der Waals surface area (Å²) in [6.45, 7) is 4.33. The van der Waals surface area contributed by atoms with Gasteiger partial charge < -0.3 is 0 Å². The number of aryl methyl sites for hydroxylation is 2. The van der Waals surface area contributed by atoms with Gasteiger partial charge in [-0.3, -0.25) is 4.57 Å². The lowest BCUT2D eigenvalue weighted by Crippen LogP contribution is -1.98. The van der Waals surface area contributed by atoms with E-state index in [0.29, 0.717) is 0 Å². The molecule has 21 heavy (non-hydrogen) atoms. The molecule has 0 aliphatic heterocycles. The number of rotatable bonds is 4. The normalized spacial score (nSPS) is 10.8. The molecule has 0 unspecified atom stereocenters. The van der Waals surface area contributed by atoms with Crippen molar-refractivity contribution in [3.05, 3.63) is 72.1 Å². The fraction of sp³-hybridized carbons (Fsp3) is 0.211. The van der Waals surface area contributed by atoms with E-state index in [9.17, 15) is 0 Å². The summed E-state index contributed by atoms with van der Waals surface area (Å²) in [5, 5.41) is 0. The summed E-state index contributed by atoms with van der Waals surface area (Å²) in [6, 6.07) is 18.8. The molecule has 106 valence electrons. The molecule has 0 saturated carbocycles. The molecule has 0 bridgehead atoms. The maximum absolute atomic E-state index is 4.85. The molecule has 0 aliphatic carbocycles. The first-order valence-electron chi connectivity index (χ1n) is 7.49. The first kappa shape index (κ1) is 13.6. The van der Waals surface area contributed by atoms with Gasteiger partial charge in [-0.15, -0.1) is 0 Å². The molecule has 2 heteroatoms. The van der Waals surface area contributed by atoms with Crippen molar-refractivity contribution in [1.82, 2.24) is 9.55 Å². The smallest absolute Gasteiger partial charge is 0.144 e. The number of hydrogen-bond donors (Lipinski definition) is 0. The zero-order valence-corrected chi connectivity index (χ0v) is 12.6. The highest BCUT2D eigenvalue weighted by molar-refractivity contribution is 5.60. The summed E-state index contributed by atoms with van der Waals surface area (Å²) < 4.78 is 2.22. The van der Waals surface area contributed by atoms with Crippen molar-refractivity contribution < 1.29 is 0 Å². The van der Waals surface area contributed by atoms with Gasteiger partial charge in [0.25, 0.3) is 0 Å². The monoisotopic (exact) mass is 276 g/mol. The van der Waals surface area contributed by atoms with Crippen LogP contribution < -0.4 is 0 Å². The first-order valence-corrected chi connectivity index (χ1v) is 7.49. The molecular weight excluding hydrogens is 256 g/mol. The van der Waals surface area contributed by atoms with Crippen molar-refractivity contribution in [2.75, 3.05) is 0 Å². The number of nitrogens with zero attached hydrogens (tertiary/aromatic N) is 2. The highest BCUT2D eigenvalue weighted by Crippen LogP contribution is 2.25. The summed E-state index contributed by atoms with van der Waals surface area (Å²) in [7, 11) is 0. The van der Waals surface area contributed by atoms with Crippen LogP contribution in [0, 0.1) is 6.92 Å². The first-order chi connectivity index (χ1) is 10.3. The molecule has 0 N–H and O–H groups in total. The lowest BCUT2D eigenvalue weighted by Gasteiger charge is -2.10. The Labute approximate surface area is 126 Å². The number of aromatic nitrogens is 2. The lowest BCUT2D eigenvalue weighted by molar-refractivity contribution is 0.892. The van der Waals surface area contributed by atoms with Gasteiger partial charge in [-0.05, 0) is 25.0 Å². The van der Waals surface area contributed by atoms with Crippen molar-refractivity contribution >= 4 is 0 Å². The van der Waals surface area contributed by atoms with Crippen LogP contribution in [0.15, 0.2) is 60.8 Å². The Bertz CT molecular complexity index is 726. The summed E-state index contributed by atoms with van der Waals surface area (Å²) in [5.74, 6) is 1.02. The van der Waals surface area contributed by atoms with Gasteiger partial charge in [0.05, 0.1) is 5.69 Å². The molecule has 1 heterocycles. The van der Waals surface area contributed by atoms with Gasteiger partial charge in [0.2, 0.25) is 0 Å². The third-order valence-electron chi connectivity index (χ3n) is 3.67. The van der Waals surface area contributed by atoms with Gasteiger partial charge in [0.1, 0.15) is 5.82 Å². The van der Waals surface area contributed by atoms with E-state index in [-0.39, 0.29) is 0 Å². The Hall–Kier alpha value is -2.35. The van der Waals surface area contributed by atoms with Crippen LogP contribution in [0.25, 0.3) is 17.1 Å². The van der Waals surface area contributed by atoms with E-state index >= 15 is 0 Å². The zero-order chi connectivity index (χ0) is 14.7. The van der Waals surface area contributed by atoms with E-state index in [1.807, 2.05) is 6.07 Å². The third kappa shape index (κ3) is 2.75. The Kier molecular flexibility index (Phi) is 3.87. The Morgan fingerprint density at radius 3 is 2.38 bits per heavy atom. The van der Waals surface area contributed by atoms with E-state index < -0.39 is 0 Å². The van der Waals surface area contributed by atoms with Crippen LogP contribution in [-0.2, 0) is 6.42 Å². The van der Waals surface area contributed by atoms with E-state index in [1.165, 1.54) is 11.3 Å². The van der Waals surface area contributed by atoms with E-state index in [2.05, 4.69) is 73.1 Å². The van der Waals surface area contributed by atoms with Crippen LogP contribution in [0.3, 0.4) is 0 Å². The second-order valence-electron chi connectivity index (χ2n) is 5.33. The van der Waals surface area contributed by atoms with Crippen molar-refractivity contribution in [3.8, 4) is 17.1 Å². The van der Waals surface area contributed by atoms with Gasteiger partial charge in [0, 0.05) is 17.4 Å². The minimum absolute atomic E-state index is 1.01. The van der Waals surface area contributed by atoms with E-state index in [0.717, 1.165) is 29.9 Å². The van der Waals surface area contributed by atoms with Crippen molar-refractivity contribution in [1.29, 1.82) is 0 Å². The molecule has 0 aliphatic rings. The predicted molar refractivity (Wildman–Crippen MR) is 87.7 cm³/mol. The molecular formula is C19H20N2. The molecule has 3 aromatic rings. The highest BCUT2D eigenvalue weighted by atomic mass is 15.1. The van der Waals surface area contributed by atoms with Crippen LogP contribution >= 0.6 is 0 Å². The molecule has 2 nitrogen and oxygen atoms in total. The average Bonchev–Trinajstić information content (AvgIpc) is 2.93. The molecule has 2 aromatic carbocycles. The molecule has 0 saturated heterocycles. The van der Waals surface area contributed by atoms with Crippen molar-refractivity contribution in [3.63, 3.8) is 0 Å². The summed E-state index contributed by atoms with van der Waals surface area (Å²) in [4.78, 5) is 4.85. The maximum atomic E-state index is 4.85. The predicted octanol–water partition coefficient (Wildman–Crippen LogP) is 4.80. The highest BCUT2D eigenvalue weighted by Gasteiger charge is 2.12. The summed E-state index contributed by atoms with van der Waals surface area (Å²) in [5.41, 5.74) is 4.77. The summed E-state index contributed by atoms with van der Waals surface area (Å²) >= 11 is 0. The number of imidazole rings is 1. The standard InChI is InChI=1S/C19H20N2/c1-3-9-17-14-21(18-13-8-7-10-15(18)2)19(20-17)16-11-5-4-6-12-16/h4-8,10-14H,3,9H2,1-2H3. The minimum atomic E-state index is 1.01. The lowest BCUT2D eigenvalue weighted by atomic mass is 10.1. The van der Waals surface area contributed by atoms with E-state index in [4.69, 9.17) is 4.98 Å². The van der Waals surface area contributed by atoms with Crippen LogP contribution in [0.1, 0.15) is 24.6 Å². The topological polar surface area (TPSA) is 17.8 Å². The number of benzene rings is 2. The Morgan fingerprint density at radius 1 is 0.952 bits per heavy atom. The molecule has 0 spiro atoms. The minimum Gasteiger partial charge on any atom is -0.299 e. The maximum Gasteiger partial charge on any atom is 0.144 e. The van der Waals surface area contributed by atoms with Crippen molar-refractivity contribution in [2.24, 2.45) is 0 Å². The summed E-state index contributed by atoms with van der Waals surface area (Å²) in [6.07, 6.45) is 4.30. The second kappa shape index (κ2) is 5.96. The zero-order valence-electron chi connectivity index (χ0n) is 12.6. The molecule has 1 aromatic heterocycles. The van der Waals surface area contributed by atoms with Crippen LogP contribution in [0.2, 0.25) is 0 Å². The Balaban J connectivity index is 2.17. The SMILES string of the molecule is CCCc1cn(-c2ccccc2C)c(-c2ccccc2)n1. The fourth-order valence-corrected chi connectivity index (χ4v) is 2.61. The average molecular weight is 276 g/mol. The van der Waals surface area contributed by atoms with Crippen LogP contribution in [0.5, 0.6) is 0 Å². The van der Waals surface area contributed by atoms with Crippen molar-refractivity contribution in [2.45, 2.75) is 26.7 Å². The van der Waals surface area contributed by atoms with Gasteiger partial charge in [-0.2, -0.15) is 0 Å². The number of hydrogen-bond acceptors (Lipinski definition) is 1. The van der Waals surface area contributed by atoms with Crippen LogP contribution in [0.4, 0.5) is 0 Å². The molecule has 0 fully saturated rings.